The van der Waals surface area contributed by atoms with Gasteiger partial charge in [0.15, 0.2) is 0 Å². The monoisotopic (exact) mass is 507 g/mol. The van der Waals surface area contributed by atoms with Crippen molar-refractivity contribution in [1.29, 1.82) is 5.26 Å². The molecule has 3 aromatic carbocycles. The second-order valence-corrected chi connectivity index (χ2v) is 9.22. The number of aromatic nitrogens is 2. The highest BCUT2D eigenvalue weighted by Gasteiger charge is 2.15. The largest absolute Gasteiger partial charge is 0.497 e. The van der Waals surface area contributed by atoms with Gasteiger partial charge in [-0.25, -0.2) is 4.98 Å². The van der Waals surface area contributed by atoms with Crippen molar-refractivity contribution in [3.05, 3.63) is 119 Å². The summed E-state index contributed by atoms with van der Waals surface area (Å²) in [6, 6.07) is 26.7. The van der Waals surface area contributed by atoms with Crippen LogP contribution in [-0.2, 0) is 37.3 Å². The van der Waals surface area contributed by atoms with Gasteiger partial charge in [0.25, 0.3) is 0 Å². The minimum atomic E-state index is 0.600. The predicted molar refractivity (Wildman–Crippen MR) is 148 cm³/mol. The minimum Gasteiger partial charge on any atom is -0.497 e. The highest BCUT2D eigenvalue weighted by Crippen LogP contribution is 2.21. The highest BCUT2D eigenvalue weighted by molar-refractivity contribution is 5.45. The summed E-state index contributed by atoms with van der Waals surface area (Å²) < 4.78 is 7.32. The third-order valence-corrected chi connectivity index (χ3v) is 6.59. The van der Waals surface area contributed by atoms with E-state index in [1.807, 2.05) is 22.8 Å². The number of nitrogens with zero attached hydrogens (tertiary/aromatic N) is 4. The average Bonchev–Trinajstić information content (AvgIpc) is 3.40. The van der Waals surface area contributed by atoms with Crippen LogP contribution in [0.4, 0.5) is 0 Å². The Labute approximate surface area is 224 Å². The van der Waals surface area contributed by atoms with Crippen LogP contribution in [-0.4, -0.2) is 41.1 Å². The summed E-state index contributed by atoms with van der Waals surface area (Å²) >= 11 is 0. The predicted octanol–water partition coefficient (Wildman–Crippen LogP) is 4.35. The molecule has 0 aliphatic carbocycles. The zero-order valence-electron chi connectivity index (χ0n) is 21.7. The van der Waals surface area contributed by atoms with Gasteiger partial charge in [0, 0.05) is 51.0 Å². The lowest BCUT2D eigenvalue weighted by Gasteiger charge is -2.28. The molecule has 38 heavy (non-hydrogen) atoms. The minimum absolute atomic E-state index is 0.600. The first-order chi connectivity index (χ1) is 18.7. The second-order valence-electron chi connectivity index (χ2n) is 9.22. The molecule has 1 aliphatic rings. The number of hydrogen-bond donors (Lipinski definition) is 1. The molecule has 0 spiro atoms. The number of imidazole rings is 1. The van der Waals surface area contributed by atoms with E-state index in [-0.39, 0.29) is 0 Å². The molecule has 0 saturated carbocycles. The number of fused-ring (bicyclic) bond motifs is 1. The lowest BCUT2D eigenvalue weighted by atomic mass is 9.99. The molecule has 0 unspecified atom stereocenters. The number of nitriles is 1. The summed E-state index contributed by atoms with van der Waals surface area (Å²) in [6.07, 6.45) is 6.17. The molecule has 0 fully saturated rings. The van der Waals surface area contributed by atoms with Gasteiger partial charge in [-0.1, -0.05) is 48.5 Å². The van der Waals surface area contributed by atoms with Crippen LogP contribution in [0.3, 0.4) is 0 Å². The molecule has 1 amide bonds. The van der Waals surface area contributed by atoms with Gasteiger partial charge >= 0.3 is 0 Å². The van der Waals surface area contributed by atoms with Gasteiger partial charge in [-0.15, -0.1) is 0 Å². The first kappa shape index (κ1) is 26.6. The van der Waals surface area contributed by atoms with Gasteiger partial charge < -0.3 is 14.6 Å². The van der Waals surface area contributed by atoms with Crippen LogP contribution >= 0.6 is 0 Å². The third kappa shape index (κ3) is 7.55. The molecule has 5 rings (SSSR count). The molecular weight excluding hydrogens is 474 g/mol. The molecule has 4 aromatic rings. The van der Waals surface area contributed by atoms with Crippen molar-refractivity contribution in [2.75, 3.05) is 20.2 Å². The summed E-state index contributed by atoms with van der Waals surface area (Å²) in [5, 5.41) is 11.4. The quantitative estimate of drug-likeness (QED) is 0.269. The molecule has 1 N–H and O–H groups in total. The zero-order valence-corrected chi connectivity index (χ0v) is 21.7. The van der Waals surface area contributed by atoms with E-state index in [9.17, 15) is 4.79 Å². The fourth-order valence-electron chi connectivity index (χ4n) is 4.56. The van der Waals surface area contributed by atoms with E-state index in [4.69, 9.17) is 10.00 Å². The zero-order chi connectivity index (χ0) is 26.6. The van der Waals surface area contributed by atoms with Crippen LogP contribution in [0.25, 0.3) is 0 Å². The van der Waals surface area contributed by atoms with E-state index in [0.717, 1.165) is 49.5 Å². The molecule has 0 radical (unpaired) electrons. The van der Waals surface area contributed by atoms with E-state index in [2.05, 4.69) is 63.7 Å². The Morgan fingerprint density at radius 3 is 2.61 bits per heavy atom. The summed E-state index contributed by atoms with van der Waals surface area (Å²) in [5.41, 5.74) is 7.13. The van der Waals surface area contributed by atoms with Crippen LogP contribution < -0.4 is 10.1 Å². The Hall–Kier alpha value is -4.41. The van der Waals surface area contributed by atoms with Crippen molar-refractivity contribution < 1.29 is 9.53 Å². The maximum atomic E-state index is 10.2. The normalized spacial score (nSPS) is 12.4. The van der Waals surface area contributed by atoms with Crippen LogP contribution in [0.5, 0.6) is 5.75 Å². The Kier molecular flexibility index (Phi) is 9.66. The van der Waals surface area contributed by atoms with Crippen LogP contribution in [0.2, 0.25) is 0 Å². The van der Waals surface area contributed by atoms with Crippen molar-refractivity contribution >= 4 is 6.41 Å². The number of ether oxygens (including phenoxy) is 1. The molecule has 0 atom stereocenters. The number of methoxy groups -OCH3 is 1. The maximum Gasteiger partial charge on any atom is 0.207 e. The molecule has 7 heteroatoms. The summed E-state index contributed by atoms with van der Waals surface area (Å²) in [4.78, 5) is 16.8. The van der Waals surface area contributed by atoms with Crippen molar-refractivity contribution in [2.24, 2.45) is 0 Å². The Balaban J connectivity index is 0.000000177. The van der Waals surface area contributed by atoms with Gasteiger partial charge in [0.2, 0.25) is 6.41 Å². The molecule has 2 heterocycles. The first-order valence-electron chi connectivity index (χ1n) is 12.8. The number of nitrogens with one attached hydrogen (secondary N) is 1. The second kappa shape index (κ2) is 13.8. The SMILES string of the molecule is COc1cccc(CN2CCc3ccccc3C2)c1.N#Cc1ccc(Cn2cncc2CCNC=O)cc1. The lowest BCUT2D eigenvalue weighted by molar-refractivity contribution is -0.109. The van der Waals surface area contributed by atoms with Crippen molar-refractivity contribution in [1.82, 2.24) is 19.8 Å². The highest BCUT2D eigenvalue weighted by atomic mass is 16.5. The Morgan fingerprint density at radius 2 is 1.84 bits per heavy atom. The van der Waals surface area contributed by atoms with E-state index in [0.29, 0.717) is 25.1 Å². The number of carbonyl (C=O) groups excluding carboxylic acids is 1. The first-order valence-corrected chi connectivity index (χ1v) is 12.8. The van der Waals surface area contributed by atoms with Gasteiger partial charge in [-0.2, -0.15) is 5.26 Å². The number of carbonyl (C=O) groups is 1. The van der Waals surface area contributed by atoms with Crippen LogP contribution in [0.15, 0.2) is 85.3 Å². The summed E-state index contributed by atoms with van der Waals surface area (Å²) in [6.45, 7) is 4.48. The summed E-state index contributed by atoms with van der Waals surface area (Å²) in [7, 11) is 1.72. The van der Waals surface area contributed by atoms with E-state index < -0.39 is 0 Å². The third-order valence-electron chi connectivity index (χ3n) is 6.59. The standard InChI is InChI=1S/C17H19NO.C14H14N4O/c1-19-17-8-4-5-14(11-17)12-18-10-9-15-6-2-3-7-16(15)13-18;15-7-12-1-3-13(4-2-12)9-18-10-17-8-14(18)5-6-16-11-19/h2-8,11H,9-10,12-13H2,1H3;1-4,8,10-11H,5-6,9H2,(H,16,19). The average molecular weight is 508 g/mol. The molecular formula is C31H33N5O2. The smallest absolute Gasteiger partial charge is 0.207 e. The van der Waals surface area contributed by atoms with Crippen LogP contribution in [0, 0.1) is 11.3 Å². The fraction of sp³-hybridized carbons (Fsp3) is 0.258. The molecule has 0 bridgehead atoms. The van der Waals surface area contributed by atoms with Gasteiger partial charge in [0.05, 0.1) is 25.1 Å². The maximum absolute atomic E-state index is 10.2. The van der Waals surface area contributed by atoms with Crippen molar-refractivity contribution in [3.8, 4) is 11.8 Å². The number of amides is 1. The lowest BCUT2D eigenvalue weighted by Crippen LogP contribution is -2.29. The topological polar surface area (TPSA) is 83.2 Å². The van der Waals surface area contributed by atoms with E-state index in [1.165, 1.54) is 16.7 Å². The van der Waals surface area contributed by atoms with Gasteiger partial charge in [-0.05, 0) is 52.9 Å². The van der Waals surface area contributed by atoms with Crippen molar-refractivity contribution in [3.63, 3.8) is 0 Å². The Morgan fingerprint density at radius 1 is 1.03 bits per heavy atom. The molecule has 7 nitrogen and oxygen atoms in total. The number of hydrogen-bond acceptors (Lipinski definition) is 5. The molecule has 0 saturated heterocycles. The van der Waals surface area contributed by atoms with E-state index >= 15 is 0 Å². The van der Waals surface area contributed by atoms with E-state index in [1.54, 1.807) is 31.8 Å². The fourth-order valence-corrected chi connectivity index (χ4v) is 4.56. The number of rotatable bonds is 9. The van der Waals surface area contributed by atoms with Crippen molar-refractivity contribution in [2.45, 2.75) is 32.5 Å². The molecule has 1 aromatic heterocycles. The number of benzene rings is 3. The Bertz CT molecular complexity index is 1360. The van der Waals surface area contributed by atoms with Gasteiger partial charge in [-0.3, -0.25) is 9.69 Å². The van der Waals surface area contributed by atoms with Crippen LogP contribution in [0.1, 0.15) is 33.5 Å². The molecule has 194 valence electrons. The summed E-state index contributed by atoms with van der Waals surface area (Å²) in [5.74, 6) is 0.940. The molecule has 1 aliphatic heterocycles. The van der Waals surface area contributed by atoms with Gasteiger partial charge in [0.1, 0.15) is 5.75 Å².